The monoisotopic (exact) mass is 482 g/mol. The van der Waals surface area contributed by atoms with Crippen molar-refractivity contribution in [1.82, 2.24) is 29.6 Å². The van der Waals surface area contributed by atoms with Crippen molar-refractivity contribution in [2.45, 2.75) is 31.9 Å². The first-order chi connectivity index (χ1) is 17.7. The third kappa shape index (κ3) is 4.33. The zero-order valence-electron chi connectivity index (χ0n) is 19.7. The van der Waals surface area contributed by atoms with Gasteiger partial charge in [0.25, 0.3) is 5.91 Å². The van der Waals surface area contributed by atoms with Crippen LogP contribution >= 0.6 is 0 Å². The Morgan fingerprint density at radius 2 is 1.89 bits per heavy atom. The molecular weight excluding hydrogens is 456 g/mol. The quantitative estimate of drug-likeness (QED) is 0.411. The van der Waals surface area contributed by atoms with Crippen molar-refractivity contribution >= 4 is 5.91 Å². The number of hydrogen-bond acceptors (Lipinski definition) is 7. The summed E-state index contributed by atoms with van der Waals surface area (Å²) in [6.45, 7) is 1.68. The highest BCUT2D eigenvalue weighted by atomic mass is 16.5. The number of rotatable bonds is 8. The molecule has 1 amide bonds. The number of nitrogens with zero attached hydrogens (tertiary/aromatic N) is 6. The largest absolute Gasteiger partial charge is 0.489 e. The van der Waals surface area contributed by atoms with Gasteiger partial charge in [0.05, 0.1) is 18.8 Å². The molecule has 1 aliphatic heterocycles. The van der Waals surface area contributed by atoms with Gasteiger partial charge in [-0.05, 0) is 42.7 Å². The van der Waals surface area contributed by atoms with Crippen molar-refractivity contribution < 1.29 is 14.6 Å². The minimum absolute atomic E-state index is 0.0845. The van der Waals surface area contributed by atoms with Gasteiger partial charge < -0.3 is 14.7 Å². The molecule has 0 atom stereocenters. The molecular formula is C27H26N6O3. The first-order valence-electron chi connectivity index (χ1n) is 12.2. The lowest BCUT2D eigenvalue weighted by molar-refractivity contribution is 0.0662. The van der Waals surface area contributed by atoms with E-state index in [1.54, 1.807) is 21.8 Å². The van der Waals surface area contributed by atoms with E-state index in [0.717, 1.165) is 16.9 Å². The SMILES string of the molecule is O=C1c2c(-c3ccc(OCc4ccc(C5CC5)nc4)cc3)c(-c3ccncn3)nn2CCN1CCO. The maximum atomic E-state index is 13.3. The Kier molecular flexibility index (Phi) is 5.90. The molecule has 182 valence electrons. The van der Waals surface area contributed by atoms with E-state index in [1.165, 1.54) is 24.9 Å². The van der Waals surface area contributed by atoms with E-state index >= 15 is 0 Å². The van der Waals surface area contributed by atoms with Crippen LogP contribution in [0.4, 0.5) is 0 Å². The van der Waals surface area contributed by atoms with E-state index in [9.17, 15) is 9.90 Å². The number of ether oxygens (including phenoxy) is 1. The van der Waals surface area contributed by atoms with Crippen LogP contribution in [0, 0.1) is 0 Å². The Hall–Kier alpha value is -4.11. The number of aliphatic hydroxyl groups is 1. The number of carbonyl (C=O) groups excluding carboxylic acids is 1. The number of aromatic nitrogens is 5. The fourth-order valence-electron chi connectivity index (χ4n) is 4.55. The summed E-state index contributed by atoms with van der Waals surface area (Å²) < 4.78 is 7.74. The highest BCUT2D eigenvalue weighted by molar-refractivity contribution is 6.03. The molecule has 9 nitrogen and oxygen atoms in total. The summed E-state index contributed by atoms with van der Waals surface area (Å²) in [4.78, 5) is 27.9. The van der Waals surface area contributed by atoms with Crippen molar-refractivity contribution in [3.8, 4) is 28.3 Å². The van der Waals surface area contributed by atoms with Gasteiger partial charge in [0.2, 0.25) is 0 Å². The molecule has 1 fully saturated rings. The molecule has 0 spiro atoms. The standard InChI is InChI=1S/C27H26N6O3/c34-14-13-32-11-12-33-26(27(32)35)24(25(31-33)23-9-10-28-17-30-23)20-4-6-21(7-5-20)36-16-18-1-8-22(29-15-18)19-2-3-19/h1,4-10,15,17,19,34H,2-3,11-14,16H2. The van der Waals surface area contributed by atoms with E-state index < -0.39 is 0 Å². The number of fused-ring (bicyclic) bond motifs is 1. The Labute approximate surface area is 208 Å². The van der Waals surface area contributed by atoms with Crippen LogP contribution in [-0.2, 0) is 13.2 Å². The Morgan fingerprint density at radius 1 is 1.03 bits per heavy atom. The lowest BCUT2D eigenvalue weighted by Gasteiger charge is -2.27. The fraction of sp³-hybridized carbons (Fsp3) is 0.296. The van der Waals surface area contributed by atoms with Crippen LogP contribution < -0.4 is 4.74 Å². The first kappa shape index (κ1) is 22.4. The van der Waals surface area contributed by atoms with Gasteiger partial charge in [-0.3, -0.25) is 14.5 Å². The summed E-state index contributed by atoms with van der Waals surface area (Å²) in [7, 11) is 0. The second-order valence-electron chi connectivity index (χ2n) is 9.08. The van der Waals surface area contributed by atoms with Crippen LogP contribution in [-0.4, -0.2) is 60.3 Å². The maximum Gasteiger partial charge on any atom is 0.272 e. The van der Waals surface area contributed by atoms with Crippen LogP contribution in [0.5, 0.6) is 5.75 Å². The summed E-state index contributed by atoms with van der Waals surface area (Å²) in [6.07, 6.45) is 7.49. The summed E-state index contributed by atoms with van der Waals surface area (Å²) in [5.41, 5.74) is 5.51. The van der Waals surface area contributed by atoms with Crippen LogP contribution in [0.15, 0.2) is 61.2 Å². The summed E-state index contributed by atoms with van der Waals surface area (Å²) in [5.74, 6) is 1.21. The molecule has 36 heavy (non-hydrogen) atoms. The summed E-state index contributed by atoms with van der Waals surface area (Å²) in [6, 6.07) is 13.6. The van der Waals surface area contributed by atoms with Crippen molar-refractivity contribution in [3.63, 3.8) is 0 Å². The Morgan fingerprint density at radius 3 is 2.58 bits per heavy atom. The van der Waals surface area contributed by atoms with Crippen molar-refractivity contribution in [2.24, 2.45) is 0 Å². The van der Waals surface area contributed by atoms with Gasteiger partial charge in [0.15, 0.2) is 0 Å². The second-order valence-corrected chi connectivity index (χ2v) is 9.08. The molecule has 3 aromatic heterocycles. The minimum atomic E-state index is -0.152. The van der Waals surface area contributed by atoms with Crippen LogP contribution in [0.25, 0.3) is 22.5 Å². The molecule has 1 aromatic carbocycles. The van der Waals surface area contributed by atoms with Crippen molar-refractivity contribution in [3.05, 3.63) is 78.1 Å². The van der Waals surface area contributed by atoms with E-state index in [0.29, 0.717) is 48.3 Å². The zero-order chi connectivity index (χ0) is 24.5. The first-order valence-corrected chi connectivity index (χ1v) is 12.2. The van der Waals surface area contributed by atoms with Gasteiger partial charge in [-0.2, -0.15) is 5.10 Å². The number of benzene rings is 1. The Bertz CT molecular complexity index is 1370. The average molecular weight is 483 g/mol. The molecule has 6 rings (SSSR count). The zero-order valence-corrected chi connectivity index (χ0v) is 19.7. The summed E-state index contributed by atoms with van der Waals surface area (Å²) >= 11 is 0. The molecule has 1 saturated carbocycles. The fourth-order valence-corrected chi connectivity index (χ4v) is 4.55. The Balaban J connectivity index is 1.28. The third-order valence-corrected chi connectivity index (χ3v) is 6.61. The highest BCUT2D eigenvalue weighted by Crippen LogP contribution is 2.39. The van der Waals surface area contributed by atoms with Gasteiger partial charge >= 0.3 is 0 Å². The number of β-amino-alcohol motifs (C(OH)–C–C–N with tert-alkyl or cyclic N) is 1. The normalized spacial score (nSPS) is 15.1. The number of aliphatic hydroxyl groups excluding tert-OH is 1. The molecule has 0 unspecified atom stereocenters. The van der Waals surface area contributed by atoms with Crippen LogP contribution in [0.3, 0.4) is 0 Å². The lowest BCUT2D eigenvalue weighted by atomic mass is 9.99. The molecule has 9 heteroatoms. The van der Waals surface area contributed by atoms with Crippen molar-refractivity contribution in [2.75, 3.05) is 19.7 Å². The number of amides is 1. The van der Waals surface area contributed by atoms with Gasteiger partial charge in [-0.25, -0.2) is 9.97 Å². The highest BCUT2D eigenvalue weighted by Gasteiger charge is 2.32. The lowest BCUT2D eigenvalue weighted by Crippen LogP contribution is -2.42. The van der Waals surface area contributed by atoms with Crippen molar-refractivity contribution in [1.29, 1.82) is 0 Å². The topological polar surface area (TPSA) is 106 Å². The second kappa shape index (κ2) is 9.50. The van der Waals surface area contributed by atoms with Gasteiger partial charge in [0.1, 0.15) is 30.1 Å². The third-order valence-electron chi connectivity index (χ3n) is 6.61. The van der Waals surface area contributed by atoms with E-state index in [2.05, 4.69) is 27.1 Å². The smallest absolute Gasteiger partial charge is 0.272 e. The molecule has 1 aliphatic carbocycles. The van der Waals surface area contributed by atoms with Gasteiger partial charge in [-0.1, -0.05) is 18.2 Å². The van der Waals surface area contributed by atoms with Gasteiger partial charge in [0, 0.05) is 48.2 Å². The van der Waals surface area contributed by atoms with E-state index in [-0.39, 0.29) is 19.1 Å². The predicted molar refractivity (Wildman–Crippen MR) is 132 cm³/mol. The average Bonchev–Trinajstić information content (AvgIpc) is 3.70. The number of carbonyl (C=O) groups is 1. The molecule has 0 radical (unpaired) electrons. The summed E-state index contributed by atoms with van der Waals surface area (Å²) in [5, 5.41) is 14.1. The molecule has 0 saturated heterocycles. The minimum Gasteiger partial charge on any atom is -0.489 e. The van der Waals surface area contributed by atoms with Gasteiger partial charge in [-0.15, -0.1) is 0 Å². The molecule has 2 aliphatic rings. The molecule has 4 heterocycles. The predicted octanol–water partition coefficient (Wildman–Crippen LogP) is 3.31. The van der Waals surface area contributed by atoms with Crippen LogP contribution in [0.1, 0.15) is 40.5 Å². The molecule has 1 N–H and O–H groups in total. The number of hydrogen-bond donors (Lipinski definition) is 1. The van der Waals surface area contributed by atoms with E-state index in [1.807, 2.05) is 30.5 Å². The van der Waals surface area contributed by atoms with Crippen LogP contribution in [0.2, 0.25) is 0 Å². The van der Waals surface area contributed by atoms with E-state index in [4.69, 9.17) is 9.84 Å². The number of pyridine rings is 1. The maximum absolute atomic E-state index is 13.3. The molecule has 4 aromatic rings. The molecule has 0 bridgehead atoms.